The van der Waals surface area contributed by atoms with Crippen LogP contribution < -0.4 is 10.2 Å². The Balaban J connectivity index is 1.91. The summed E-state index contributed by atoms with van der Waals surface area (Å²) in [4.78, 5) is 25.3. The molecule has 3 rings (SSSR count). The van der Waals surface area contributed by atoms with Gasteiger partial charge in [0.05, 0.1) is 5.02 Å². The summed E-state index contributed by atoms with van der Waals surface area (Å²) in [6.07, 6.45) is 1.89. The molecule has 19 heavy (non-hydrogen) atoms. The van der Waals surface area contributed by atoms with Crippen LogP contribution in [-0.2, 0) is 9.59 Å². The number of piperazine rings is 1. The molecule has 4 nitrogen and oxygen atoms in total. The zero-order valence-corrected chi connectivity index (χ0v) is 10.8. The van der Waals surface area contributed by atoms with Crippen molar-refractivity contribution in [2.24, 2.45) is 5.92 Å². The Bertz CT molecular complexity index is 560. The van der Waals surface area contributed by atoms with Crippen molar-refractivity contribution in [2.75, 3.05) is 11.4 Å². The van der Waals surface area contributed by atoms with E-state index < -0.39 is 11.9 Å². The third-order valence-electron chi connectivity index (χ3n) is 3.46. The van der Waals surface area contributed by atoms with Gasteiger partial charge in [-0.05, 0) is 37.0 Å². The van der Waals surface area contributed by atoms with Crippen LogP contribution in [0.25, 0.3) is 0 Å². The number of nitrogens with one attached hydrogen (secondary N) is 1. The quantitative estimate of drug-likeness (QED) is 0.898. The van der Waals surface area contributed by atoms with E-state index in [1.165, 1.54) is 17.0 Å². The number of carbonyl (C=O) groups excluding carboxylic acids is 2. The lowest BCUT2D eigenvalue weighted by atomic mass is 10.1. The lowest BCUT2D eigenvalue weighted by Gasteiger charge is -2.32. The second-order valence-corrected chi connectivity index (χ2v) is 5.31. The Morgan fingerprint density at radius 3 is 2.68 bits per heavy atom. The van der Waals surface area contributed by atoms with Crippen molar-refractivity contribution in [1.82, 2.24) is 5.32 Å². The fourth-order valence-corrected chi connectivity index (χ4v) is 2.41. The highest BCUT2D eigenvalue weighted by Crippen LogP contribution is 2.35. The molecule has 0 aromatic heterocycles. The molecule has 0 radical (unpaired) electrons. The lowest BCUT2D eigenvalue weighted by Crippen LogP contribution is -2.59. The van der Waals surface area contributed by atoms with Crippen molar-refractivity contribution in [3.8, 4) is 0 Å². The summed E-state index contributed by atoms with van der Waals surface area (Å²) in [5, 5.41) is 2.70. The smallest absolute Gasteiger partial charge is 0.250 e. The normalized spacial score (nSPS) is 23.5. The van der Waals surface area contributed by atoms with Gasteiger partial charge in [0.1, 0.15) is 18.4 Å². The first-order chi connectivity index (χ1) is 9.06. The number of hydrogen-bond acceptors (Lipinski definition) is 2. The Labute approximate surface area is 114 Å². The minimum atomic E-state index is -0.596. The van der Waals surface area contributed by atoms with Gasteiger partial charge in [0.2, 0.25) is 11.8 Å². The maximum Gasteiger partial charge on any atom is 0.250 e. The average molecular weight is 283 g/mol. The third-order valence-corrected chi connectivity index (χ3v) is 3.77. The van der Waals surface area contributed by atoms with E-state index in [1.807, 2.05) is 0 Å². The van der Waals surface area contributed by atoms with E-state index in [1.54, 1.807) is 6.07 Å². The minimum Gasteiger partial charge on any atom is -0.342 e. The van der Waals surface area contributed by atoms with Crippen LogP contribution >= 0.6 is 11.6 Å². The van der Waals surface area contributed by atoms with Crippen LogP contribution in [0, 0.1) is 11.7 Å². The summed E-state index contributed by atoms with van der Waals surface area (Å²) >= 11 is 5.62. The second kappa shape index (κ2) is 4.49. The fourth-order valence-electron chi connectivity index (χ4n) is 2.29. The minimum absolute atomic E-state index is 0.00333. The van der Waals surface area contributed by atoms with Gasteiger partial charge in [0.25, 0.3) is 0 Å². The molecule has 1 saturated heterocycles. The summed E-state index contributed by atoms with van der Waals surface area (Å²) < 4.78 is 13.5. The first-order valence-electron chi connectivity index (χ1n) is 6.12. The lowest BCUT2D eigenvalue weighted by molar-refractivity contribution is -0.131. The van der Waals surface area contributed by atoms with Crippen LogP contribution in [0.5, 0.6) is 0 Å². The van der Waals surface area contributed by atoms with Crippen molar-refractivity contribution in [1.29, 1.82) is 0 Å². The molecule has 2 aliphatic rings. The third kappa shape index (κ3) is 2.30. The van der Waals surface area contributed by atoms with E-state index in [2.05, 4.69) is 5.32 Å². The Morgan fingerprint density at radius 2 is 2.05 bits per heavy atom. The number of amides is 2. The van der Waals surface area contributed by atoms with Crippen molar-refractivity contribution in [2.45, 2.75) is 18.9 Å². The van der Waals surface area contributed by atoms with Gasteiger partial charge in [-0.15, -0.1) is 0 Å². The maximum atomic E-state index is 13.5. The molecule has 1 atom stereocenters. The largest absolute Gasteiger partial charge is 0.342 e. The molecule has 1 aliphatic carbocycles. The first-order valence-corrected chi connectivity index (χ1v) is 6.50. The highest BCUT2D eigenvalue weighted by atomic mass is 35.5. The molecule has 2 fully saturated rings. The van der Waals surface area contributed by atoms with E-state index in [0.29, 0.717) is 5.69 Å². The van der Waals surface area contributed by atoms with Gasteiger partial charge in [-0.25, -0.2) is 4.39 Å². The van der Waals surface area contributed by atoms with Crippen LogP contribution in [-0.4, -0.2) is 24.4 Å². The van der Waals surface area contributed by atoms with E-state index in [4.69, 9.17) is 11.6 Å². The zero-order valence-electron chi connectivity index (χ0n) is 10.0. The van der Waals surface area contributed by atoms with E-state index in [-0.39, 0.29) is 29.3 Å². The van der Waals surface area contributed by atoms with Gasteiger partial charge < -0.3 is 10.2 Å². The molecule has 1 aliphatic heterocycles. The zero-order chi connectivity index (χ0) is 13.6. The first kappa shape index (κ1) is 12.4. The maximum absolute atomic E-state index is 13.5. The summed E-state index contributed by atoms with van der Waals surface area (Å²) in [7, 11) is 0. The van der Waals surface area contributed by atoms with Crippen LogP contribution in [0.3, 0.4) is 0 Å². The summed E-state index contributed by atoms with van der Waals surface area (Å²) in [6.45, 7) is -0.0802. The van der Waals surface area contributed by atoms with Crippen molar-refractivity contribution >= 4 is 29.1 Å². The standard InChI is InChI=1S/C13H12ClFN2O2/c14-9-4-3-8(5-10(9)15)17-6-11(18)16-12(13(17)19)7-1-2-7/h3-5,7,12H,1-2,6H2,(H,16,18). The highest BCUT2D eigenvalue weighted by Gasteiger charge is 2.43. The van der Waals surface area contributed by atoms with Gasteiger partial charge in [0, 0.05) is 5.69 Å². The van der Waals surface area contributed by atoms with Crippen molar-refractivity contribution in [3.05, 3.63) is 29.0 Å². The molecule has 1 saturated carbocycles. The van der Waals surface area contributed by atoms with Crippen LogP contribution in [0.2, 0.25) is 5.02 Å². The summed E-state index contributed by atoms with van der Waals surface area (Å²) in [5.74, 6) is -0.770. The Hall–Kier alpha value is -1.62. The van der Waals surface area contributed by atoms with Crippen LogP contribution in [0.15, 0.2) is 18.2 Å². The molecule has 1 unspecified atom stereocenters. The number of rotatable bonds is 2. The molecule has 0 bridgehead atoms. The molecule has 1 heterocycles. The number of anilines is 1. The number of halogens is 2. The number of hydrogen-bond donors (Lipinski definition) is 1. The average Bonchev–Trinajstić information content (AvgIpc) is 3.19. The predicted octanol–water partition coefficient (Wildman–Crippen LogP) is 1.72. The molecular weight excluding hydrogens is 271 g/mol. The molecule has 1 N–H and O–H groups in total. The molecule has 2 amide bonds. The van der Waals surface area contributed by atoms with Gasteiger partial charge in [0.15, 0.2) is 0 Å². The summed E-state index contributed by atoms with van der Waals surface area (Å²) in [6, 6.07) is 3.65. The molecule has 0 spiro atoms. The topological polar surface area (TPSA) is 49.4 Å². The van der Waals surface area contributed by atoms with Gasteiger partial charge in [-0.3, -0.25) is 9.59 Å². The number of carbonyl (C=O) groups is 2. The SMILES string of the molecule is O=C1CN(c2ccc(Cl)c(F)c2)C(=O)C(C2CC2)N1. The number of nitrogens with zero attached hydrogens (tertiary/aromatic N) is 1. The molecular formula is C13H12ClFN2O2. The monoisotopic (exact) mass is 282 g/mol. The van der Waals surface area contributed by atoms with Gasteiger partial charge >= 0.3 is 0 Å². The van der Waals surface area contributed by atoms with Crippen LogP contribution in [0.4, 0.5) is 10.1 Å². The molecule has 1 aromatic rings. The molecule has 1 aromatic carbocycles. The summed E-state index contributed by atoms with van der Waals surface area (Å²) in [5.41, 5.74) is 0.368. The van der Waals surface area contributed by atoms with Gasteiger partial charge in [-0.2, -0.15) is 0 Å². The van der Waals surface area contributed by atoms with E-state index in [0.717, 1.165) is 12.8 Å². The van der Waals surface area contributed by atoms with Crippen molar-refractivity contribution < 1.29 is 14.0 Å². The van der Waals surface area contributed by atoms with Crippen LogP contribution in [0.1, 0.15) is 12.8 Å². The molecule has 6 heteroatoms. The number of benzene rings is 1. The Kier molecular flexibility index (Phi) is 2.93. The van der Waals surface area contributed by atoms with E-state index in [9.17, 15) is 14.0 Å². The Morgan fingerprint density at radius 1 is 1.32 bits per heavy atom. The fraction of sp³-hybridized carbons (Fsp3) is 0.385. The van der Waals surface area contributed by atoms with Crippen molar-refractivity contribution in [3.63, 3.8) is 0 Å². The van der Waals surface area contributed by atoms with E-state index >= 15 is 0 Å². The predicted molar refractivity (Wildman–Crippen MR) is 68.4 cm³/mol. The second-order valence-electron chi connectivity index (χ2n) is 4.91. The molecule has 100 valence electrons. The van der Waals surface area contributed by atoms with Gasteiger partial charge in [-0.1, -0.05) is 11.6 Å². The highest BCUT2D eigenvalue weighted by molar-refractivity contribution is 6.30.